The highest BCUT2D eigenvalue weighted by Gasteiger charge is 2.50. The van der Waals surface area contributed by atoms with Crippen molar-refractivity contribution < 1.29 is 113 Å². The Morgan fingerprint density at radius 2 is 1.04 bits per heavy atom. The number of aliphatic hydroxyl groups is 11. The van der Waals surface area contributed by atoms with E-state index < -0.39 is 123 Å². The van der Waals surface area contributed by atoms with Crippen molar-refractivity contribution in [2.45, 2.75) is 110 Å². The second-order valence-electron chi connectivity index (χ2n) is 11.8. The van der Waals surface area contributed by atoms with Crippen molar-refractivity contribution in [2.75, 3.05) is 76.2 Å². The van der Waals surface area contributed by atoms with Gasteiger partial charge in [-0.15, -0.1) is 0 Å². The third-order valence-electron chi connectivity index (χ3n) is 8.36. The Kier molecular flexibility index (Phi) is 27.2. The van der Waals surface area contributed by atoms with Crippen molar-refractivity contribution in [3.63, 3.8) is 0 Å². The summed E-state index contributed by atoms with van der Waals surface area (Å²) in [6, 6.07) is 0. The Labute approximate surface area is 312 Å². The Hall–Kier alpha value is -1.50. The van der Waals surface area contributed by atoms with Crippen LogP contribution in [0.3, 0.4) is 0 Å². The highest BCUT2D eigenvalue weighted by Crippen LogP contribution is 2.28. The van der Waals surface area contributed by atoms with E-state index in [1.165, 1.54) is 49.8 Å². The minimum Gasteiger partial charge on any atom is -0.394 e. The van der Waals surface area contributed by atoms with Crippen LogP contribution in [-0.4, -0.2) is 255 Å². The maximum absolute atomic E-state index is 10.8. The van der Waals surface area contributed by atoms with Crippen LogP contribution in [0.2, 0.25) is 0 Å². The maximum Gasteiger partial charge on any atom is 0.187 e. The normalized spacial score (nSPS) is 32.9. The first-order chi connectivity index (χ1) is 25.6. The molecule has 2 rings (SSSR count). The van der Waals surface area contributed by atoms with Gasteiger partial charge in [-0.1, -0.05) is 0 Å². The monoisotopic (exact) mass is 800 g/mol. The molecule has 322 valence electrons. The predicted molar refractivity (Wildman–Crippen MR) is 177 cm³/mol. The molecule has 54 heavy (non-hydrogen) atoms. The van der Waals surface area contributed by atoms with Crippen LogP contribution in [0.25, 0.3) is 0 Å². The predicted octanol–water partition coefficient (Wildman–Crippen LogP) is -7.58. The van der Waals surface area contributed by atoms with Crippen molar-refractivity contribution in [1.82, 2.24) is 0 Å². The van der Waals surface area contributed by atoms with Crippen LogP contribution >= 0.6 is 0 Å². The summed E-state index contributed by atoms with van der Waals surface area (Å²) in [5.41, 5.74) is 0. The van der Waals surface area contributed by atoms with E-state index in [-0.39, 0.29) is 13.2 Å². The van der Waals surface area contributed by atoms with Gasteiger partial charge in [0.15, 0.2) is 25.2 Å². The zero-order valence-electron chi connectivity index (χ0n) is 31.2. The first-order valence-corrected chi connectivity index (χ1v) is 16.4. The van der Waals surface area contributed by atoms with Gasteiger partial charge in [-0.2, -0.15) is 0 Å². The van der Waals surface area contributed by atoms with Crippen molar-refractivity contribution in [3.05, 3.63) is 0 Å². The Morgan fingerprint density at radius 1 is 0.556 bits per heavy atom. The average Bonchev–Trinajstić information content (AvgIpc) is 3.17. The van der Waals surface area contributed by atoms with Crippen LogP contribution < -0.4 is 0 Å². The smallest absolute Gasteiger partial charge is 0.187 e. The maximum atomic E-state index is 10.8. The lowest BCUT2D eigenvalue weighted by atomic mass is 9.97. The van der Waals surface area contributed by atoms with E-state index in [0.29, 0.717) is 12.6 Å². The zero-order valence-corrected chi connectivity index (χ0v) is 31.2. The number of aldehydes is 2. The van der Waals surface area contributed by atoms with Gasteiger partial charge in [0, 0.05) is 49.8 Å². The molecule has 0 spiro atoms. The molecule has 0 saturated carbocycles. The quantitative estimate of drug-likeness (QED) is 0.0480. The first kappa shape index (κ1) is 52.5. The number of rotatable bonds is 21. The van der Waals surface area contributed by atoms with E-state index >= 15 is 0 Å². The summed E-state index contributed by atoms with van der Waals surface area (Å²) in [5, 5.41) is 105. The van der Waals surface area contributed by atoms with Crippen LogP contribution in [0.15, 0.2) is 0 Å². The molecule has 18 atom stereocenters. The number of methoxy groups -OCH3 is 7. The van der Waals surface area contributed by atoms with Crippen molar-refractivity contribution >= 4 is 12.6 Å². The van der Waals surface area contributed by atoms with Gasteiger partial charge in [0.1, 0.15) is 97.7 Å². The van der Waals surface area contributed by atoms with Gasteiger partial charge in [-0.05, 0) is 0 Å². The van der Waals surface area contributed by atoms with Crippen LogP contribution in [0, 0.1) is 0 Å². The lowest BCUT2D eigenvalue weighted by Crippen LogP contribution is -2.64. The number of aliphatic hydroxyl groups excluding tert-OH is 11. The van der Waals surface area contributed by atoms with Crippen LogP contribution in [0.5, 0.6) is 0 Å². The molecule has 2 aliphatic heterocycles. The Balaban J connectivity index is 0.000000810. The molecule has 0 bridgehead atoms. The third kappa shape index (κ3) is 15.1. The Bertz CT molecular complexity index is 964. The Morgan fingerprint density at radius 3 is 1.46 bits per heavy atom. The van der Waals surface area contributed by atoms with E-state index in [1.807, 2.05) is 0 Å². The number of carbonyl (C=O) groups is 2. The minimum absolute atomic E-state index is 0.0453. The van der Waals surface area contributed by atoms with Gasteiger partial charge >= 0.3 is 0 Å². The largest absolute Gasteiger partial charge is 0.394 e. The van der Waals surface area contributed by atoms with Crippen LogP contribution in [0.4, 0.5) is 0 Å². The van der Waals surface area contributed by atoms with Gasteiger partial charge < -0.3 is 113 Å². The molecule has 0 aliphatic carbocycles. The lowest BCUT2D eigenvalue weighted by molar-refractivity contribution is -0.355. The van der Waals surface area contributed by atoms with Gasteiger partial charge in [0.25, 0.3) is 0 Å². The molecule has 2 heterocycles. The number of ether oxygens (including phenoxy) is 10. The minimum atomic E-state index is -1.74. The van der Waals surface area contributed by atoms with E-state index in [4.69, 9.17) is 47.7 Å². The van der Waals surface area contributed by atoms with E-state index in [1.54, 1.807) is 0 Å². The molecular weight excluding hydrogens is 740 g/mol. The van der Waals surface area contributed by atoms with E-state index in [0.717, 1.165) is 0 Å². The SMILES string of the molecule is COC[C@@H](O)[C@@H](O)[C@H](OC)[C@H](C=O)OC.COC[C@@H](O)[C@@H](OC)[C@H](OC)[C@H](C=O)OC.OC[C@H]1O[C@H](O[C@H]2[C@H](O)[C@@H](O)[C@H](O)O[C@@H]2CO)[C@H](O)[C@@H](O)[C@@H]1O. The van der Waals surface area contributed by atoms with Crippen molar-refractivity contribution in [2.24, 2.45) is 0 Å². The molecule has 0 aromatic rings. The number of hydrogen-bond acceptors (Lipinski definition) is 23. The fraction of sp³-hybridized carbons (Fsp3) is 0.935. The second kappa shape index (κ2) is 28.0. The zero-order chi connectivity index (χ0) is 41.7. The highest BCUT2D eigenvalue weighted by molar-refractivity contribution is 5.57. The summed E-state index contributed by atoms with van der Waals surface area (Å²) in [7, 11) is 9.74. The second-order valence-corrected chi connectivity index (χ2v) is 11.8. The molecule has 0 aromatic carbocycles. The van der Waals surface area contributed by atoms with Crippen LogP contribution in [0.1, 0.15) is 0 Å². The van der Waals surface area contributed by atoms with Gasteiger partial charge in [0.2, 0.25) is 0 Å². The molecular formula is C31H60O23. The van der Waals surface area contributed by atoms with Gasteiger partial charge in [-0.25, -0.2) is 0 Å². The molecule has 2 aliphatic rings. The molecule has 23 heteroatoms. The molecule has 23 nitrogen and oxygen atoms in total. The third-order valence-corrected chi connectivity index (χ3v) is 8.36. The van der Waals surface area contributed by atoms with Gasteiger partial charge in [-0.3, -0.25) is 0 Å². The first-order valence-electron chi connectivity index (χ1n) is 16.4. The highest BCUT2D eigenvalue weighted by atomic mass is 16.7. The number of hydrogen-bond donors (Lipinski definition) is 11. The molecule has 0 aromatic heterocycles. The average molecular weight is 801 g/mol. The summed E-state index contributed by atoms with van der Waals surface area (Å²) in [6.07, 6.45) is -21.7. The fourth-order valence-electron chi connectivity index (χ4n) is 5.29. The van der Waals surface area contributed by atoms with Gasteiger partial charge in [0.05, 0.1) is 26.4 Å². The molecule has 0 unspecified atom stereocenters. The topological polar surface area (TPSA) is 349 Å². The summed E-state index contributed by atoms with van der Waals surface area (Å²) < 4.78 is 49.6. The number of carbonyl (C=O) groups excluding carboxylic acids is 2. The van der Waals surface area contributed by atoms with Crippen LogP contribution in [-0.2, 0) is 57.0 Å². The summed E-state index contributed by atoms with van der Waals surface area (Å²) in [6.45, 7) is -1.30. The molecule has 2 fully saturated rings. The van der Waals surface area contributed by atoms with Crippen molar-refractivity contribution in [1.29, 1.82) is 0 Å². The summed E-state index contributed by atoms with van der Waals surface area (Å²) in [5.74, 6) is 0. The van der Waals surface area contributed by atoms with E-state index in [2.05, 4.69) is 4.74 Å². The molecule has 0 amide bonds. The molecule has 11 N–H and O–H groups in total. The fourth-order valence-corrected chi connectivity index (χ4v) is 5.29. The summed E-state index contributed by atoms with van der Waals surface area (Å²) in [4.78, 5) is 21.4. The van der Waals surface area contributed by atoms with E-state index in [9.17, 15) is 60.7 Å². The summed E-state index contributed by atoms with van der Waals surface area (Å²) >= 11 is 0. The van der Waals surface area contributed by atoms with Crippen molar-refractivity contribution in [3.8, 4) is 0 Å². The standard InChI is InChI=1S/C12H22O11.C10H20O6.C9H18O6/c13-1-3-5(15)6(16)9(19)12(22-3)23-10-4(2-14)21-11(20)8(18)7(10)17;1-13-6-7(12)9(15-3)10(16-4)8(5-11)14-2;1-13-5-6(11)8(12)9(15-3)7(4-10)14-2/h3-20H,1-2H2;5,7-10,12H,6H2,1-4H3;4,6-9,11-12H,5H2,1-3H3/t3-,4-,5-,6+,7-,8-,9-,10-,11-,12-;7-,8+,9-,10-;6-,7+,8-,9-/m111/s1. The molecule has 0 radical (unpaired) electrons. The molecule has 2 saturated heterocycles. The lowest BCUT2D eigenvalue weighted by Gasteiger charge is -2.45.